The highest BCUT2D eigenvalue weighted by atomic mass is 16.5. The summed E-state index contributed by atoms with van der Waals surface area (Å²) < 4.78 is 8.51. The quantitative estimate of drug-likeness (QED) is 0.490. The lowest BCUT2D eigenvalue weighted by molar-refractivity contribution is 0.298. The van der Waals surface area contributed by atoms with E-state index in [0.717, 1.165) is 30.8 Å². The van der Waals surface area contributed by atoms with Gasteiger partial charge in [-0.05, 0) is 56.9 Å². The fourth-order valence-electron chi connectivity index (χ4n) is 4.37. The number of hydrogen-bond acceptors (Lipinski definition) is 2. The zero-order chi connectivity index (χ0) is 18.6. The molecule has 0 saturated heterocycles. The highest BCUT2D eigenvalue weighted by molar-refractivity contribution is 5.76. The molecule has 3 aromatic rings. The SMILES string of the molecule is Cc1ccc(OCCCn2c(C3CCCCC3)nc3ccccc32)c(C)c1. The van der Waals surface area contributed by atoms with Gasteiger partial charge in [-0.3, -0.25) is 0 Å². The van der Waals surface area contributed by atoms with Crippen LogP contribution in [0.5, 0.6) is 5.75 Å². The van der Waals surface area contributed by atoms with Gasteiger partial charge in [0.25, 0.3) is 0 Å². The lowest BCUT2D eigenvalue weighted by Gasteiger charge is -2.22. The maximum atomic E-state index is 6.05. The molecule has 4 rings (SSSR count). The van der Waals surface area contributed by atoms with Crippen molar-refractivity contribution >= 4 is 11.0 Å². The topological polar surface area (TPSA) is 27.1 Å². The smallest absolute Gasteiger partial charge is 0.122 e. The summed E-state index contributed by atoms with van der Waals surface area (Å²) in [6.07, 6.45) is 7.60. The van der Waals surface area contributed by atoms with Crippen LogP contribution in [-0.2, 0) is 6.54 Å². The Hall–Kier alpha value is -2.29. The number of fused-ring (bicyclic) bond motifs is 1. The molecule has 3 heteroatoms. The summed E-state index contributed by atoms with van der Waals surface area (Å²) in [5, 5.41) is 0. The molecule has 0 atom stereocenters. The van der Waals surface area contributed by atoms with Crippen LogP contribution in [0.4, 0.5) is 0 Å². The second-order valence-corrected chi connectivity index (χ2v) is 7.92. The van der Waals surface area contributed by atoms with E-state index in [4.69, 9.17) is 9.72 Å². The predicted octanol–water partition coefficient (Wildman–Crippen LogP) is 6.17. The fraction of sp³-hybridized carbons (Fsp3) is 0.458. The van der Waals surface area contributed by atoms with Crippen molar-refractivity contribution in [1.82, 2.24) is 9.55 Å². The summed E-state index contributed by atoms with van der Waals surface area (Å²) in [7, 11) is 0. The summed E-state index contributed by atoms with van der Waals surface area (Å²) in [5.41, 5.74) is 4.89. The average molecular weight is 363 g/mol. The highest BCUT2D eigenvalue weighted by Gasteiger charge is 2.22. The first kappa shape index (κ1) is 18.1. The molecule has 0 N–H and O–H groups in total. The maximum Gasteiger partial charge on any atom is 0.122 e. The number of imidazole rings is 1. The standard InChI is InChI=1S/C24H30N2O/c1-18-13-14-23(19(2)17-18)27-16-8-15-26-22-12-7-6-11-21(22)25-24(26)20-9-4-3-5-10-20/h6-7,11-14,17,20H,3-5,8-10,15-16H2,1-2H3. The van der Waals surface area contributed by atoms with Crippen LogP contribution in [0.3, 0.4) is 0 Å². The Morgan fingerprint density at radius 1 is 1.04 bits per heavy atom. The van der Waals surface area contributed by atoms with Crippen LogP contribution in [0, 0.1) is 13.8 Å². The Morgan fingerprint density at radius 2 is 1.85 bits per heavy atom. The van der Waals surface area contributed by atoms with Crippen LogP contribution >= 0.6 is 0 Å². The Balaban J connectivity index is 1.47. The number of nitrogens with zero attached hydrogens (tertiary/aromatic N) is 2. The van der Waals surface area contributed by atoms with Crippen molar-refractivity contribution in [2.24, 2.45) is 0 Å². The molecule has 27 heavy (non-hydrogen) atoms. The molecule has 1 aromatic heterocycles. The van der Waals surface area contributed by atoms with Crippen LogP contribution < -0.4 is 4.74 Å². The third kappa shape index (κ3) is 4.02. The Morgan fingerprint density at radius 3 is 2.67 bits per heavy atom. The van der Waals surface area contributed by atoms with Crippen molar-refractivity contribution in [3.63, 3.8) is 0 Å². The molecule has 2 aromatic carbocycles. The monoisotopic (exact) mass is 362 g/mol. The zero-order valence-corrected chi connectivity index (χ0v) is 16.6. The number of aromatic nitrogens is 2. The molecule has 0 unspecified atom stereocenters. The van der Waals surface area contributed by atoms with Gasteiger partial charge in [-0.25, -0.2) is 4.98 Å². The Labute approximate surface area is 162 Å². The molecule has 0 spiro atoms. The van der Waals surface area contributed by atoms with Crippen molar-refractivity contribution in [2.45, 2.75) is 64.8 Å². The van der Waals surface area contributed by atoms with E-state index < -0.39 is 0 Å². The minimum absolute atomic E-state index is 0.617. The van der Waals surface area contributed by atoms with Gasteiger partial charge in [-0.1, -0.05) is 49.1 Å². The number of benzene rings is 2. The van der Waals surface area contributed by atoms with Crippen LogP contribution in [0.2, 0.25) is 0 Å². The highest BCUT2D eigenvalue weighted by Crippen LogP contribution is 2.34. The van der Waals surface area contributed by atoms with Gasteiger partial charge in [-0.2, -0.15) is 0 Å². The largest absolute Gasteiger partial charge is 0.493 e. The normalized spacial score (nSPS) is 15.3. The third-order valence-electron chi connectivity index (χ3n) is 5.77. The summed E-state index contributed by atoms with van der Waals surface area (Å²) in [4.78, 5) is 5.02. The van der Waals surface area contributed by atoms with E-state index in [1.54, 1.807) is 0 Å². The van der Waals surface area contributed by atoms with Gasteiger partial charge in [0.2, 0.25) is 0 Å². The average Bonchev–Trinajstić information content (AvgIpc) is 3.06. The first-order valence-electron chi connectivity index (χ1n) is 10.4. The second-order valence-electron chi connectivity index (χ2n) is 7.92. The first-order chi connectivity index (χ1) is 13.2. The van der Waals surface area contributed by atoms with Crippen molar-refractivity contribution in [1.29, 1.82) is 0 Å². The zero-order valence-electron chi connectivity index (χ0n) is 16.6. The molecule has 0 aliphatic heterocycles. The molecular weight excluding hydrogens is 332 g/mol. The molecular formula is C24H30N2O. The molecule has 1 heterocycles. The van der Waals surface area contributed by atoms with Gasteiger partial charge in [0.05, 0.1) is 17.6 Å². The predicted molar refractivity (Wildman–Crippen MR) is 112 cm³/mol. The van der Waals surface area contributed by atoms with Gasteiger partial charge in [-0.15, -0.1) is 0 Å². The second kappa shape index (κ2) is 8.16. The van der Waals surface area contributed by atoms with E-state index in [9.17, 15) is 0 Å². The molecule has 0 bridgehead atoms. The van der Waals surface area contributed by atoms with E-state index in [-0.39, 0.29) is 0 Å². The summed E-state index contributed by atoms with van der Waals surface area (Å²) in [6, 6.07) is 15.0. The molecule has 1 saturated carbocycles. The van der Waals surface area contributed by atoms with Gasteiger partial charge < -0.3 is 9.30 Å². The van der Waals surface area contributed by atoms with E-state index >= 15 is 0 Å². The first-order valence-corrected chi connectivity index (χ1v) is 10.4. The number of rotatable bonds is 6. The van der Waals surface area contributed by atoms with Gasteiger partial charge in [0.15, 0.2) is 0 Å². The van der Waals surface area contributed by atoms with Crippen LogP contribution in [0.15, 0.2) is 42.5 Å². The number of aryl methyl sites for hydroxylation is 3. The molecule has 0 amide bonds. The molecule has 1 aliphatic carbocycles. The minimum Gasteiger partial charge on any atom is -0.493 e. The van der Waals surface area contributed by atoms with Crippen molar-refractivity contribution in [3.8, 4) is 5.75 Å². The van der Waals surface area contributed by atoms with Gasteiger partial charge in [0.1, 0.15) is 11.6 Å². The van der Waals surface area contributed by atoms with E-state index in [1.165, 1.54) is 54.6 Å². The van der Waals surface area contributed by atoms with Gasteiger partial charge >= 0.3 is 0 Å². The van der Waals surface area contributed by atoms with E-state index in [1.807, 2.05) is 0 Å². The van der Waals surface area contributed by atoms with E-state index in [0.29, 0.717) is 5.92 Å². The molecule has 3 nitrogen and oxygen atoms in total. The summed E-state index contributed by atoms with van der Waals surface area (Å²) >= 11 is 0. The minimum atomic E-state index is 0.617. The maximum absolute atomic E-state index is 6.05. The number of ether oxygens (including phenoxy) is 1. The summed E-state index contributed by atoms with van der Waals surface area (Å²) in [5.74, 6) is 2.91. The lowest BCUT2D eigenvalue weighted by atomic mass is 9.88. The van der Waals surface area contributed by atoms with E-state index in [2.05, 4.69) is 60.9 Å². The van der Waals surface area contributed by atoms with Crippen LogP contribution in [0.1, 0.15) is 61.4 Å². The van der Waals surface area contributed by atoms with Crippen molar-refractivity contribution < 1.29 is 4.74 Å². The Kier molecular flexibility index (Phi) is 5.47. The molecule has 1 aliphatic rings. The lowest BCUT2D eigenvalue weighted by Crippen LogP contribution is -2.14. The molecule has 0 radical (unpaired) electrons. The van der Waals surface area contributed by atoms with Crippen molar-refractivity contribution in [3.05, 3.63) is 59.4 Å². The van der Waals surface area contributed by atoms with Crippen molar-refractivity contribution in [2.75, 3.05) is 6.61 Å². The van der Waals surface area contributed by atoms with Crippen LogP contribution in [-0.4, -0.2) is 16.2 Å². The number of para-hydroxylation sites is 2. The van der Waals surface area contributed by atoms with Gasteiger partial charge in [0, 0.05) is 12.5 Å². The summed E-state index contributed by atoms with van der Waals surface area (Å²) in [6.45, 7) is 5.94. The Bertz CT molecular complexity index is 906. The fourth-order valence-corrected chi connectivity index (χ4v) is 4.37. The number of hydrogen-bond donors (Lipinski definition) is 0. The molecule has 1 fully saturated rings. The molecule has 142 valence electrons. The van der Waals surface area contributed by atoms with Crippen LogP contribution in [0.25, 0.3) is 11.0 Å². The third-order valence-corrected chi connectivity index (χ3v) is 5.77.